The SMILES string of the molecule is CC1(C)C(C=CC=CC=C2N(CCCCCC(=O)NCCC(=O)N3Cc4ccccc4C#Cc4ccccc43)c3ccc(S(=O)(=O)[O-])cc3C2(C)CCCCS(=O)(=O)O)=[N+](CCCS(=O)(=O)O)c2ccc(S(=O)(=O)O)cc21. The maximum Gasteiger partial charge on any atom is 0.294 e. The summed E-state index contributed by atoms with van der Waals surface area (Å²) in [6, 6.07) is 23.4. The molecule has 0 saturated carbocycles. The summed E-state index contributed by atoms with van der Waals surface area (Å²) in [5.74, 6) is 4.99. The van der Waals surface area contributed by atoms with Gasteiger partial charge in [-0.25, -0.2) is 8.42 Å². The molecular weight excluding hydrogens is 1070 g/mol. The number of unbranched alkanes of at least 4 members (excludes halogenated alkanes) is 3. The Bertz CT molecular complexity index is 3610. The van der Waals surface area contributed by atoms with E-state index in [2.05, 4.69) is 17.2 Å². The number of nitrogens with zero attached hydrogens (tertiary/aromatic N) is 3. The number of fused-ring (bicyclic) bond motifs is 4. The first-order chi connectivity index (χ1) is 36.2. The van der Waals surface area contributed by atoms with Crippen LogP contribution in [0.3, 0.4) is 0 Å². The van der Waals surface area contributed by atoms with E-state index in [0.717, 1.165) is 16.7 Å². The predicted octanol–water partition coefficient (Wildman–Crippen LogP) is 7.34. The van der Waals surface area contributed by atoms with E-state index < -0.39 is 67.7 Å². The molecule has 22 heteroatoms. The highest BCUT2D eigenvalue weighted by Crippen LogP contribution is 2.51. The average molecular weight is 1130 g/mol. The van der Waals surface area contributed by atoms with Crippen LogP contribution in [0, 0.1) is 11.8 Å². The van der Waals surface area contributed by atoms with Crippen LogP contribution in [0.2, 0.25) is 0 Å². The van der Waals surface area contributed by atoms with Crippen molar-refractivity contribution >= 4 is 75.1 Å². The number of rotatable bonds is 23. The van der Waals surface area contributed by atoms with E-state index in [9.17, 15) is 61.5 Å². The number of amides is 2. The minimum atomic E-state index is -4.90. The van der Waals surface area contributed by atoms with Gasteiger partial charge in [-0.2, -0.15) is 29.8 Å². The van der Waals surface area contributed by atoms with Gasteiger partial charge in [0.15, 0.2) is 5.71 Å². The van der Waals surface area contributed by atoms with Crippen LogP contribution in [0.4, 0.5) is 17.1 Å². The lowest BCUT2D eigenvalue weighted by molar-refractivity contribution is -0.437. The molecule has 410 valence electrons. The van der Waals surface area contributed by atoms with E-state index >= 15 is 0 Å². The van der Waals surface area contributed by atoms with Crippen molar-refractivity contribution in [3.05, 3.63) is 149 Å². The van der Waals surface area contributed by atoms with Crippen LogP contribution in [-0.2, 0) is 67.4 Å². The molecule has 0 aliphatic carbocycles. The molecule has 77 heavy (non-hydrogen) atoms. The second-order valence-electron chi connectivity index (χ2n) is 19.9. The Balaban J connectivity index is 1.08. The van der Waals surface area contributed by atoms with Gasteiger partial charge in [0.1, 0.15) is 16.7 Å². The van der Waals surface area contributed by atoms with Crippen molar-refractivity contribution in [2.75, 3.05) is 40.9 Å². The zero-order valence-corrected chi connectivity index (χ0v) is 46.1. The Morgan fingerprint density at radius 1 is 0.714 bits per heavy atom. The van der Waals surface area contributed by atoms with E-state index in [-0.39, 0.29) is 68.3 Å². The summed E-state index contributed by atoms with van der Waals surface area (Å²) in [5.41, 5.74) is 4.96. The molecular formula is C55H62N4O14S4. The number of nitrogens with one attached hydrogen (secondary N) is 1. The number of hydrogen-bond donors (Lipinski definition) is 4. The van der Waals surface area contributed by atoms with Crippen LogP contribution < -0.4 is 15.1 Å². The molecule has 4 aromatic carbocycles. The number of anilines is 2. The minimum Gasteiger partial charge on any atom is -0.744 e. The summed E-state index contributed by atoms with van der Waals surface area (Å²) >= 11 is 0. The maximum absolute atomic E-state index is 13.7. The summed E-state index contributed by atoms with van der Waals surface area (Å²) < 4.78 is 139. The first-order valence-electron chi connectivity index (χ1n) is 25.0. The van der Waals surface area contributed by atoms with Crippen LogP contribution in [0.5, 0.6) is 0 Å². The molecule has 3 heterocycles. The molecule has 1 unspecified atom stereocenters. The number of hydrogen-bond acceptors (Lipinski definition) is 12. The molecule has 0 saturated heterocycles. The van der Waals surface area contributed by atoms with Crippen molar-refractivity contribution in [1.29, 1.82) is 0 Å². The van der Waals surface area contributed by atoms with Crippen LogP contribution in [0.15, 0.2) is 131 Å². The summed E-state index contributed by atoms with van der Waals surface area (Å²) in [5, 5.41) is 2.88. The maximum atomic E-state index is 13.7. The lowest BCUT2D eigenvalue weighted by Crippen LogP contribution is -2.35. The summed E-state index contributed by atoms with van der Waals surface area (Å²) in [6.07, 6.45) is 11.4. The Labute approximate surface area is 451 Å². The molecule has 3 aliphatic rings. The molecule has 1 atom stereocenters. The highest BCUT2D eigenvalue weighted by Gasteiger charge is 2.46. The van der Waals surface area contributed by atoms with E-state index in [1.807, 2.05) is 84.9 Å². The van der Waals surface area contributed by atoms with Gasteiger partial charge in [0.2, 0.25) is 17.5 Å². The molecule has 0 aromatic heterocycles. The van der Waals surface area contributed by atoms with E-state index in [1.165, 1.54) is 30.3 Å². The zero-order chi connectivity index (χ0) is 56.0. The molecule has 18 nitrogen and oxygen atoms in total. The molecule has 0 bridgehead atoms. The van der Waals surface area contributed by atoms with Crippen molar-refractivity contribution in [3.63, 3.8) is 0 Å². The van der Waals surface area contributed by atoms with Crippen LogP contribution in [0.1, 0.15) is 106 Å². The van der Waals surface area contributed by atoms with Crippen molar-refractivity contribution in [3.8, 4) is 11.8 Å². The Morgan fingerprint density at radius 3 is 2.09 bits per heavy atom. The Morgan fingerprint density at radius 2 is 1.38 bits per heavy atom. The molecule has 4 N–H and O–H groups in total. The van der Waals surface area contributed by atoms with Gasteiger partial charge in [0, 0.05) is 78.0 Å². The highest BCUT2D eigenvalue weighted by molar-refractivity contribution is 7.86. The molecule has 7 rings (SSSR count). The van der Waals surface area contributed by atoms with Gasteiger partial charge in [-0.15, -0.1) is 0 Å². The first kappa shape index (κ1) is 58.4. The molecule has 2 amide bonds. The summed E-state index contributed by atoms with van der Waals surface area (Å²) in [7, 11) is -18.0. The fourth-order valence-electron chi connectivity index (χ4n) is 10.2. The lowest BCUT2D eigenvalue weighted by Gasteiger charge is -2.30. The third-order valence-corrected chi connectivity index (χ3v) is 17.4. The smallest absolute Gasteiger partial charge is 0.294 e. The van der Waals surface area contributed by atoms with Gasteiger partial charge in [0.05, 0.1) is 38.9 Å². The van der Waals surface area contributed by atoms with E-state index in [0.29, 0.717) is 71.9 Å². The number of benzene rings is 4. The Hall–Kier alpha value is -6.29. The lowest BCUT2D eigenvalue weighted by atomic mass is 9.77. The predicted molar refractivity (Wildman–Crippen MR) is 292 cm³/mol. The van der Waals surface area contributed by atoms with E-state index in [1.54, 1.807) is 35.3 Å². The van der Waals surface area contributed by atoms with Crippen LogP contribution in [0.25, 0.3) is 0 Å². The van der Waals surface area contributed by atoms with Gasteiger partial charge < -0.3 is 19.7 Å². The fourth-order valence-corrected chi connectivity index (χ4v) is 12.3. The van der Waals surface area contributed by atoms with Gasteiger partial charge in [-0.05, 0) is 112 Å². The topological polar surface area (TPSA) is 276 Å². The van der Waals surface area contributed by atoms with Gasteiger partial charge in [-0.3, -0.25) is 23.2 Å². The van der Waals surface area contributed by atoms with Crippen LogP contribution in [-0.4, -0.2) is 105 Å². The number of para-hydroxylation sites is 1. The fraction of sp³-hybridized carbons (Fsp3) is 0.364. The van der Waals surface area contributed by atoms with Crippen molar-refractivity contribution in [2.45, 2.75) is 106 Å². The number of allylic oxidation sites excluding steroid dienone is 6. The van der Waals surface area contributed by atoms with Gasteiger partial charge in [-0.1, -0.05) is 73.2 Å². The molecule has 3 aliphatic heterocycles. The third-order valence-electron chi connectivity index (χ3n) is 14.1. The number of carbonyl (C=O) groups excluding carboxylic acids is 2. The summed E-state index contributed by atoms with van der Waals surface area (Å²) in [6.45, 7) is 6.53. The monoisotopic (exact) mass is 1130 g/mol. The van der Waals surface area contributed by atoms with Gasteiger partial charge in [0.25, 0.3) is 30.4 Å². The van der Waals surface area contributed by atoms with Crippen molar-refractivity contribution in [1.82, 2.24) is 5.32 Å². The second kappa shape index (κ2) is 23.8. The van der Waals surface area contributed by atoms with Crippen LogP contribution >= 0.6 is 0 Å². The molecule has 0 spiro atoms. The quantitative estimate of drug-likeness (QED) is 0.0186. The van der Waals surface area contributed by atoms with Crippen molar-refractivity contribution in [2.24, 2.45) is 0 Å². The molecule has 4 aromatic rings. The Kier molecular flexibility index (Phi) is 18.0. The third kappa shape index (κ3) is 14.5. The summed E-state index contributed by atoms with van der Waals surface area (Å²) in [4.78, 5) is 29.7. The highest BCUT2D eigenvalue weighted by atomic mass is 32.2. The van der Waals surface area contributed by atoms with Gasteiger partial charge >= 0.3 is 0 Å². The zero-order valence-electron chi connectivity index (χ0n) is 42.9. The first-order valence-corrected chi connectivity index (χ1v) is 31.1. The second-order valence-corrected chi connectivity index (χ2v) is 25.9. The molecule has 0 fully saturated rings. The van der Waals surface area contributed by atoms with Crippen molar-refractivity contribution < 1.29 is 66.0 Å². The largest absolute Gasteiger partial charge is 0.744 e. The number of carbonyl (C=O) groups is 2. The average Bonchev–Trinajstić information content (AvgIpc) is 3.91. The van der Waals surface area contributed by atoms with E-state index in [4.69, 9.17) is 0 Å². The minimum absolute atomic E-state index is 0.0279. The standard InChI is InChI=1S/C55H62N4O14S4/c1-54(2)45-37-43(76(68,69)70)26-28-48(45)57(34-16-36-75(65,66)67)50(54)21-6-4-7-22-51-55(3,31-13-15-35-74(62,63)64)46-38-44(77(71,72)73)27-29-49(46)58(51)33-14-5-8-23-52(60)56-32-30-53(61)59-39-42-19-10-9-17-40(42)24-25-41-18-11-12-20-47(41)59/h4,6-7,9-12,17-22,26-29,37-38H,5,8,13-16,23,30-36,39H2,1-3H3,(H4-,56,60,62,63,64,65,66,67,68,69,70,71,72,73). The normalized spacial score (nSPS) is 17.7. The molecule has 0 radical (unpaired) electrons.